The molecule has 2 unspecified atom stereocenters. The van der Waals surface area contributed by atoms with Crippen LogP contribution in [0.15, 0.2) is 13.6 Å². The van der Waals surface area contributed by atoms with Gasteiger partial charge in [0, 0.05) is 11.5 Å². The lowest BCUT2D eigenvalue weighted by molar-refractivity contribution is 0.0914. The van der Waals surface area contributed by atoms with Gasteiger partial charge in [0.15, 0.2) is 5.78 Å². The molecule has 0 radical (unpaired) electrons. The van der Waals surface area contributed by atoms with Gasteiger partial charge < -0.3 is 0 Å². The number of carbonyl (C=O) groups is 1. The standard InChI is InChI=1S/C11H10Br2OS/c12-9-4-8(11(13)15-9)10(14)7-2-5-1-6(5)3-7/h4-7H,1-3H2. The second-order valence-corrected chi connectivity index (χ2v) is 8.28. The van der Waals surface area contributed by atoms with Crippen molar-refractivity contribution in [2.24, 2.45) is 17.8 Å². The second kappa shape index (κ2) is 3.67. The van der Waals surface area contributed by atoms with Crippen LogP contribution in [0, 0.1) is 17.8 Å². The highest BCUT2D eigenvalue weighted by atomic mass is 79.9. The molecule has 80 valence electrons. The predicted molar refractivity (Wildman–Crippen MR) is 68.4 cm³/mol. The molecule has 2 saturated carbocycles. The fraction of sp³-hybridized carbons (Fsp3) is 0.545. The van der Waals surface area contributed by atoms with Crippen molar-refractivity contribution < 1.29 is 4.79 Å². The molecule has 2 aliphatic rings. The molecule has 0 aliphatic heterocycles. The SMILES string of the molecule is O=C(c1cc(Br)sc1Br)C1CC2CC2C1. The first-order valence-electron chi connectivity index (χ1n) is 5.14. The zero-order valence-corrected chi connectivity index (χ0v) is 12.0. The summed E-state index contributed by atoms with van der Waals surface area (Å²) < 4.78 is 2.00. The Morgan fingerprint density at radius 3 is 2.47 bits per heavy atom. The maximum atomic E-state index is 12.2. The van der Waals surface area contributed by atoms with Crippen molar-refractivity contribution in [3.63, 3.8) is 0 Å². The molecule has 0 saturated heterocycles. The van der Waals surface area contributed by atoms with Crippen LogP contribution >= 0.6 is 43.2 Å². The van der Waals surface area contributed by atoms with E-state index in [0.29, 0.717) is 11.7 Å². The Bertz CT molecular complexity index is 416. The normalized spacial score (nSPS) is 32.8. The Hall–Kier alpha value is 0.330. The number of halogens is 2. The number of ketones is 1. The van der Waals surface area contributed by atoms with Crippen LogP contribution in [0.4, 0.5) is 0 Å². The zero-order chi connectivity index (χ0) is 10.6. The van der Waals surface area contributed by atoms with Crippen LogP contribution in [0.1, 0.15) is 29.6 Å². The third-order valence-electron chi connectivity index (χ3n) is 3.54. The van der Waals surface area contributed by atoms with E-state index in [1.54, 1.807) is 11.3 Å². The number of Topliss-reactive ketones (excluding diaryl/α,β-unsaturated/α-hetero) is 1. The number of rotatable bonds is 2. The van der Waals surface area contributed by atoms with Crippen LogP contribution in [0.5, 0.6) is 0 Å². The van der Waals surface area contributed by atoms with Crippen LogP contribution in [0.25, 0.3) is 0 Å². The van der Waals surface area contributed by atoms with Crippen molar-refractivity contribution in [3.05, 3.63) is 19.2 Å². The number of carbonyl (C=O) groups excluding carboxylic acids is 1. The fourth-order valence-corrected chi connectivity index (χ4v) is 5.47. The van der Waals surface area contributed by atoms with E-state index in [-0.39, 0.29) is 0 Å². The molecule has 4 heteroatoms. The molecule has 2 aliphatic carbocycles. The van der Waals surface area contributed by atoms with Crippen LogP contribution in [-0.2, 0) is 0 Å². The van der Waals surface area contributed by atoms with Crippen LogP contribution in [0.2, 0.25) is 0 Å². The Morgan fingerprint density at radius 2 is 1.93 bits per heavy atom. The average Bonchev–Trinajstić information content (AvgIpc) is 2.65. The Morgan fingerprint density at radius 1 is 1.27 bits per heavy atom. The van der Waals surface area contributed by atoms with E-state index in [1.807, 2.05) is 6.07 Å². The number of thiophene rings is 1. The van der Waals surface area contributed by atoms with E-state index < -0.39 is 0 Å². The molecule has 2 fully saturated rings. The quantitative estimate of drug-likeness (QED) is 0.718. The van der Waals surface area contributed by atoms with Crippen molar-refractivity contribution in [3.8, 4) is 0 Å². The van der Waals surface area contributed by atoms with E-state index in [0.717, 1.165) is 37.8 Å². The molecule has 15 heavy (non-hydrogen) atoms. The smallest absolute Gasteiger partial charge is 0.167 e. The van der Waals surface area contributed by atoms with Crippen LogP contribution < -0.4 is 0 Å². The average molecular weight is 350 g/mol. The minimum atomic E-state index is 0.298. The van der Waals surface area contributed by atoms with Crippen molar-refractivity contribution in [1.29, 1.82) is 0 Å². The molecular formula is C11H10Br2OS. The molecule has 1 nitrogen and oxygen atoms in total. The van der Waals surface area contributed by atoms with Gasteiger partial charge in [-0.3, -0.25) is 4.79 Å². The number of hydrogen-bond donors (Lipinski definition) is 0. The molecule has 2 atom stereocenters. The molecule has 0 amide bonds. The van der Waals surface area contributed by atoms with Crippen LogP contribution in [0.3, 0.4) is 0 Å². The predicted octanol–water partition coefficient (Wildman–Crippen LogP) is 4.50. The first-order valence-corrected chi connectivity index (χ1v) is 7.54. The molecule has 0 aromatic carbocycles. The summed E-state index contributed by atoms with van der Waals surface area (Å²) in [6, 6.07) is 1.95. The van der Waals surface area contributed by atoms with Crippen molar-refractivity contribution in [2.75, 3.05) is 0 Å². The van der Waals surface area contributed by atoms with Gasteiger partial charge in [-0.05, 0) is 69.0 Å². The monoisotopic (exact) mass is 348 g/mol. The van der Waals surface area contributed by atoms with Gasteiger partial charge in [-0.25, -0.2) is 0 Å². The first-order chi connectivity index (χ1) is 7.15. The maximum Gasteiger partial charge on any atom is 0.167 e. The summed E-state index contributed by atoms with van der Waals surface area (Å²) in [7, 11) is 0. The van der Waals surface area contributed by atoms with Gasteiger partial charge in [0.1, 0.15) is 0 Å². The minimum Gasteiger partial charge on any atom is -0.294 e. The van der Waals surface area contributed by atoms with E-state index in [2.05, 4.69) is 31.9 Å². The molecule has 1 aromatic heterocycles. The van der Waals surface area contributed by atoms with Gasteiger partial charge in [-0.2, -0.15) is 0 Å². The van der Waals surface area contributed by atoms with Gasteiger partial charge >= 0.3 is 0 Å². The van der Waals surface area contributed by atoms with E-state index in [4.69, 9.17) is 0 Å². The molecule has 1 aromatic rings. The summed E-state index contributed by atoms with van der Waals surface area (Å²) in [5.41, 5.74) is 0.873. The highest BCUT2D eigenvalue weighted by molar-refractivity contribution is 9.12. The fourth-order valence-electron chi connectivity index (χ4n) is 2.66. The second-order valence-electron chi connectivity index (χ2n) is 4.53. The lowest BCUT2D eigenvalue weighted by Crippen LogP contribution is -2.12. The maximum absolute atomic E-state index is 12.2. The van der Waals surface area contributed by atoms with Gasteiger partial charge in [0.2, 0.25) is 0 Å². The van der Waals surface area contributed by atoms with Crippen molar-refractivity contribution in [2.45, 2.75) is 19.3 Å². The van der Waals surface area contributed by atoms with Crippen LogP contribution in [-0.4, -0.2) is 5.78 Å². The Balaban J connectivity index is 1.81. The summed E-state index contributed by atoms with van der Waals surface area (Å²) >= 11 is 8.46. The van der Waals surface area contributed by atoms with Gasteiger partial charge in [0.05, 0.1) is 7.57 Å². The Kier molecular flexibility index (Phi) is 2.57. The highest BCUT2D eigenvalue weighted by Crippen LogP contribution is 2.55. The summed E-state index contributed by atoms with van der Waals surface area (Å²) in [6.07, 6.45) is 3.63. The number of fused-ring (bicyclic) bond motifs is 1. The highest BCUT2D eigenvalue weighted by Gasteiger charge is 2.48. The molecule has 0 spiro atoms. The molecule has 0 N–H and O–H groups in total. The summed E-state index contributed by atoms with van der Waals surface area (Å²) in [6.45, 7) is 0. The first kappa shape index (κ1) is 10.5. The van der Waals surface area contributed by atoms with E-state index >= 15 is 0 Å². The summed E-state index contributed by atoms with van der Waals surface area (Å²) in [4.78, 5) is 12.2. The lowest BCUT2D eigenvalue weighted by atomic mass is 9.95. The third kappa shape index (κ3) is 1.85. The molecule has 3 rings (SSSR count). The van der Waals surface area contributed by atoms with E-state index in [1.165, 1.54) is 6.42 Å². The molecule has 0 bridgehead atoms. The zero-order valence-electron chi connectivity index (χ0n) is 8.00. The van der Waals surface area contributed by atoms with Crippen molar-refractivity contribution in [1.82, 2.24) is 0 Å². The van der Waals surface area contributed by atoms with Gasteiger partial charge in [-0.1, -0.05) is 0 Å². The summed E-state index contributed by atoms with van der Waals surface area (Å²) in [5.74, 6) is 2.39. The van der Waals surface area contributed by atoms with Crippen molar-refractivity contribution >= 4 is 49.0 Å². The van der Waals surface area contributed by atoms with Gasteiger partial charge in [-0.15, -0.1) is 11.3 Å². The molecular weight excluding hydrogens is 340 g/mol. The third-order valence-corrected chi connectivity index (χ3v) is 5.88. The van der Waals surface area contributed by atoms with Gasteiger partial charge in [0.25, 0.3) is 0 Å². The summed E-state index contributed by atoms with van der Waals surface area (Å²) in [5, 5.41) is 0. The number of hydrogen-bond acceptors (Lipinski definition) is 2. The lowest BCUT2D eigenvalue weighted by Gasteiger charge is -2.09. The Labute approximate surface area is 110 Å². The van der Waals surface area contributed by atoms with E-state index in [9.17, 15) is 4.79 Å². The molecule has 1 heterocycles. The topological polar surface area (TPSA) is 17.1 Å². The minimum absolute atomic E-state index is 0.298. The largest absolute Gasteiger partial charge is 0.294 e.